The summed E-state index contributed by atoms with van der Waals surface area (Å²) in [4.78, 5) is 14.8. The SMILES string of the molecule is COC(=O)[C@H]1[C@@H](c2ccc(OC)c(I)c2)C[C@@H]2CC[C@H]1N2C. The minimum atomic E-state index is -0.0759. The van der Waals surface area contributed by atoms with Crippen LogP contribution in [0.15, 0.2) is 18.2 Å². The zero-order chi connectivity index (χ0) is 15.9. The maximum atomic E-state index is 12.4. The number of ether oxygens (including phenoxy) is 2. The Kier molecular flexibility index (Phi) is 4.64. The number of hydrogen-bond acceptors (Lipinski definition) is 4. The number of nitrogens with zero attached hydrogens (tertiary/aromatic N) is 1. The second-order valence-corrected chi connectivity index (χ2v) is 7.41. The van der Waals surface area contributed by atoms with Gasteiger partial charge in [-0.2, -0.15) is 0 Å². The van der Waals surface area contributed by atoms with Crippen molar-refractivity contribution in [2.45, 2.75) is 37.3 Å². The van der Waals surface area contributed by atoms with Crippen LogP contribution in [0.2, 0.25) is 0 Å². The van der Waals surface area contributed by atoms with Crippen LogP contribution in [-0.2, 0) is 9.53 Å². The number of methoxy groups -OCH3 is 2. The van der Waals surface area contributed by atoms with E-state index in [-0.39, 0.29) is 17.8 Å². The quantitative estimate of drug-likeness (QED) is 0.562. The van der Waals surface area contributed by atoms with Gasteiger partial charge >= 0.3 is 5.97 Å². The normalized spacial score (nSPS) is 31.1. The number of benzene rings is 1. The minimum absolute atomic E-state index is 0.0713. The molecule has 0 N–H and O–H groups in total. The fourth-order valence-corrected chi connectivity index (χ4v) is 4.94. The Bertz CT molecular complexity index is 577. The first-order valence-electron chi connectivity index (χ1n) is 7.70. The van der Waals surface area contributed by atoms with E-state index in [1.807, 2.05) is 6.07 Å². The lowest BCUT2D eigenvalue weighted by Crippen LogP contribution is -2.49. The summed E-state index contributed by atoms with van der Waals surface area (Å²) in [6, 6.07) is 7.15. The highest BCUT2D eigenvalue weighted by Crippen LogP contribution is 2.47. The van der Waals surface area contributed by atoms with Gasteiger partial charge in [0.15, 0.2) is 0 Å². The van der Waals surface area contributed by atoms with Crippen molar-refractivity contribution < 1.29 is 14.3 Å². The van der Waals surface area contributed by atoms with Crippen molar-refractivity contribution in [3.8, 4) is 5.75 Å². The molecular weight excluding hydrogens is 393 g/mol. The summed E-state index contributed by atoms with van der Waals surface area (Å²) in [6.45, 7) is 0. The summed E-state index contributed by atoms with van der Waals surface area (Å²) in [6.07, 6.45) is 3.29. The van der Waals surface area contributed by atoms with Crippen molar-refractivity contribution >= 4 is 28.6 Å². The predicted octanol–water partition coefficient (Wildman–Crippen LogP) is 3.04. The lowest BCUT2D eigenvalue weighted by atomic mass is 9.76. The first-order chi connectivity index (χ1) is 10.6. The summed E-state index contributed by atoms with van der Waals surface area (Å²) in [5.74, 6) is 0.974. The molecule has 0 spiro atoms. The number of halogens is 1. The Morgan fingerprint density at radius 2 is 2.09 bits per heavy atom. The van der Waals surface area contributed by atoms with Gasteiger partial charge in [0.1, 0.15) is 5.75 Å². The molecule has 3 rings (SSSR count). The largest absolute Gasteiger partial charge is 0.496 e. The topological polar surface area (TPSA) is 38.8 Å². The van der Waals surface area contributed by atoms with Crippen LogP contribution in [0.5, 0.6) is 5.75 Å². The maximum absolute atomic E-state index is 12.4. The van der Waals surface area contributed by atoms with Crippen LogP contribution in [0.4, 0.5) is 0 Å². The molecule has 4 nitrogen and oxygen atoms in total. The molecule has 2 heterocycles. The Hall–Kier alpha value is -0.820. The molecule has 0 amide bonds. The van der Waals surface area contributed by atoms with E-state index < -0.39 is 0 Å². The van der Waals surface area contributed by atoms with Gasteiger partial charge in [-0.15, -0.1) is 0 Å². The van der Waals surface area contributed by atoms with Gasteiger partial charge in [0, 0.05) is 18.0 Å². The molecule has 0 radical (unpaired) electrons. The van der Waals surface area contributed by atoms with Crippen molar-refractivity contribution in [2.24, 2.45) is 5.92 Å². The second kappa shape index (κ2) is 6.35. The van der Waals surface area contributed by atoms with Gasteiger partial charge in [-0.05, 0) is 66.6 Å². The smallest absolute Gasteiger partial charge is 0.310 e. The van der Waals surface area contributed by atoms with E-state index >= 15 is 0 Å². The fourth-order valence-electron chi connectivity index (χ4n) is 4.18. The minimum Gasteiger partial charge on any atom is -0.496 e. The first kappa shape index (κ1) is 16.1. The van der Waals surface area contributed by atoms with Gasteiger partial charge in [0.25, 0.3) is 0 Å². The van der Waals surface area contributed by atoms with Crippen molar-refractivity contribution in [3.63, 3.8) is 0 Å². The van der Waals surface area contributed by atoms with E-state index in [0.29, 0.717) is 12.1 Å². The van der Waals surface area contributed by atoms with Crippen LogP contribution in [0.25, 0.3) is 0 Å². The van der Waals surface area contributed by atoms with Crippen LogP contribution in [0.3, 0.4) is 0 Å². The molecule has 120 valence electrons. The van der Waals surface area contributed by atoms with E-state index in [2.05, 4.69) is 46.7 Å². The molecular formula is C17H22INO3. The third kappa shape index (κ3) is 2.62. The van der Waals surface area contributed by atoms with E-state index in [1.165, 1.54) is 19.1 Å². The van der Waals surface area contributed by atoms with Crippen LogP contribution in [0, 0.1) is 9.49 Å². The summed E-state index contributed by atoms with van der Waals surface area (Å²) >= 11 is 2.29. The van der Waals surface area contributed by atoms with Crippen LogP contribution < -0.4 is 4.74 Å². The molecule has 0 saturated carbocycles. The average Bonchev–Trinajstić information content (AvgIpc) is 2.76. The molecule has 0 aromatic heterocycles. The van der Waals surface area contributed by atoms with Crippen molar-refractivity contribution in [1.82, 2.24) is 4.90 Å². The number of piperidine rings is 1. The third-order valence-corrected chi connectivity index (χ3v) is 6.19. The summed E-state index contributed by atoms with van der Waals surface area (Å²) < 4.78 is 11.6. The Morgan fingerprint density at radius 1 is 1.32 bits per heavy atom. The maximum Gasteiger partial charge on any atom is 0.310 e. The molecule has 0 unspecified atom stereocenters. The number of rotatable bonds is 3. The highest BCUT2D eigenvalue weighted by Gasteiger charge is 2.49. The molecule has 2 fully saturated rings. The van der Waals surface area contributed by atoms with Crippen LogP contribution >= 0.6 is 22.6 Å². The van der Waals surface area contributed by atoms with Gasteiger partial charge < -0.3 is 9.47 Å². The summed E-state index contributed by atoms with van der Waals surface area (Å²) in [7, 11) is 5.33. The highest BCUT2D eigenvalue weighted by atomic mass is 127. The van der Waals surface area contributed by atoms with Gasteiger partial charge in [-0.25, -0.2) is 0 Å². The standard InChI is InChI=1S/C17H22INO3/c1-19-11-5-6-14(19)16(17(20)22-3)12(9-11)10-4-7-15(21-2)13(18)8-10/h4,7-8,11-12,14,16H,5-6,9H2,1-3H3/t11-,12+,14+,16-/m0/s1. The van der Waals surface area contributed by atoms with Gasteiger partial charge in [0.05, 0.1) is 23.7 Å². The average molecular weight is 415 g/mol. The van der Waals surface area contributed by atoms with Crippen molar-refractivity contribution in [2.75, 3.05) is 21.3 Å². The number of carbonyl (C=O) groups excluding carboxylic acids is 1. The lowest BCUT2D eigenvalue weighted by Gasteiger charge is -2.41. The van der Waals surface area contributed by atoms with Gasteiger partial charge in [0.2, 0.25) is 0 Å². The lowest BCUT2D eigenvalue weighted by molar-refractivity contribution is -0.150. The number of fused-ring (bicyclic) bond motifs is 2. The van der Waals surface area contributed by atoms with Crippen LogP contribution in [0.1, 0.15) is 30.7 Å². The molecule has 2 bridgehead atoms. The van der Waals surface area contributed by atoms with E-state index in [4.69, 9.17) is 9.47 Å². The van der Waals surface area contributed by atoms with E-state index in [0.717, 1.165) is 22.2 Å². The molecule has 2 aliphatic rings. The zero-order valence-corrected chi connectivity index (χ0v) is 15.4. The van der Waals surface area contributed by atoms with Crippen molar-refractivity contribution in [3.05, 3.63) is 27.3 Å². The fraction of sp³-hybridized carbons (Fsp3) is 0.588. The molecule has 1 aromatic rings. The number of carbonyl (C=O) groups is 1. The molecule has 22 heavy (non-hydrogen) atoms. The molecule has 4 atom stereocenters. The molecule has 1 aromatic carbocycles. The van der Waals surface area contributed by atoms with Crippen LogP contribution in [-0.4, -0.2) is 44.2 Å². The Balaban J connectivity index is 1.97. The predicted molar refractivity (Wildman–Crippen MR) is 93.1 cm³/mol. The molecule has 2 saturated heterocycles. The van der Waals surface area contributed by atoms with Gasteiger partial charge in [-0.1, -0.05) is 6.07 Å². The Morgan fingerprint density at radius 3 is 2.73 bits per heavy atom. The highest BCUT2D eigenvalue weighted by molar-refractivity contribution is 14.1. The molecule has 0 aliphatic carbocycles. The van der Waals surface area contributed by atoms with E-state index in [1.54, 1.807) is 7.11 Å². The monoisotopic (exact) mass is 415 g/mol. The third-order valence-electron chi connectivity index (χ3n) is 5.35. The summed E-state index contributed by atoms with van der Waals surface area (Å²) in [5, 5.41) is 0. The first-order valence-corrected chi connectivity index (χ1v) is 8.78. The second-order valence-electron chi connectivity index (χ2n) is 6.25. The number of esters is 1. The van der Waals surface area contributed by atoms with E-state index in [9.17, 15) is 4.79 Å². The summed E-state index contributed by atoms with van der Waals surface area (Å²) in [5.41, 5.74) is 1.23. The van der Waals surface area contributed by atoms with Gasteiger partial charge in [-0.3, -0.25) is 9.69 Å². The van der Waals surface area contributed by atoms with Crippen molar-refractivity contribution in [1.29, 1.82) is 0 Å². The molecule has 2 aliphatic heterocycles. The zero-order valence-electron chi connectivity index (χ0n) is 13.2. The Labute approximate surface area is 145 Å². The molecule has 5 heteroatoms. The number of hydrogen-bond donors (Lipinski definition) is 0.